The first kappa shape index (κ1) is 15.3. The van der Waals surface area contributed by atoms with E-state index in [0.717, 1.165) is 12.1 Å². The summed E-state index contributed by atoms with van der Waals surface area (Å²) < 4.78 is 0. The van der Waals surface area contributed by atoms with Gasteiger partial charge in [0, 0.05) is 19.1 Å². The molecule has 0 saturated heterocycles. The molecule has 1 saturated carbocycles. The maximum absolute atomic E-state index is 11.8. The zero-order chi connectivity index (χ0) is 15.4. The van der Waals surface area contributed by atoms with E-state index in [-0.39, 0.29) is 11.6 Å². The van der Waals surface area contributed by atoms with Gasteiger partial charge < -0.3 is 20.6 Å². The Morgan fingerprint density at radius 1 is 1.38 bits per heavy atom. The van der Waals surface area contributed by atoms with Crippen molar-refractivity contribution in [3.8, 4) is 0 Å². The number of carboxylic acids is 1. The quantitative estimate of drug-likeness (QED) is 0.748. The summed E-state index contributed by atoms with van der Waals surface area (Å²) in [6, 6.07) is 5.19. The molecule has 6 nitrogen and oxygen atoms in total. The fraction of sp³-hybridized carbons (Fsp3) is 0.467. The number of aryl methyl sites for hydroxylation is 1. The van der Waals surface area contributed by atoms with Gasteiger partial charge in [-0.15, -0.1) is 0 Å². The van der Waals surface area contributed by atoms with Crippen LogP contribution in [0.15, 0.2) is 18.2 Å². The van der Waals surface area contributed by atoms with Crippen molar-refractivity contribution in [3.05, 3.63) is 29.3 Å². The molecule has 0 unspecified atom stereocenters. The standard InChI is InChI=1S/C15H21N3O3/c1-10-3-6-13(12(9-10)14(19)20)17-15(21)16-7-8-18(2)11-4-5-11/h3,6,9,11H,4-5,7-8H2,1-2H3,(H,19,20)(H2,16,17,21). The van der Waals surface area contributed by atoms with Crippen LogP contribution in [0.1, 0.15) is 28.8 Å². The Morgan fingerprint density at radius 3 is 2.71 bits per heavy atom. The maximum Gasteiger partial charge on any atom is 0.337 e. The van der Waals surface area contributed by atoms with Crippen molar-refractivity contribution in [1.82, 2.24) is 10.2 Å². The number of amides is 2. The largest absolute Gasteiger partial charge is 0.478 e. The zero-order valence-corrected chi connectivity index (χ0v) is 12.3. The van der Waals surface area contributed by atoms with Gasteiger partial charge in [-0.05, 0) is 38.9 Å². The molecule has 1 fully saturated rings. The molecule has 0 bridgehead atoms. The second kappa shape index (κ2) is 6.58. The average Bonchev–Trinajstić information content (AvgIpc) is 3.25. The Kier molecular flexibility index (Phi) is 4.80. The third-order valence-electron chi connectivity index (χ3n) is 3.57. The minimum Gasteiger partial charge on any atom is -0.478 e. The molecule has 0 spiro atoms. The molecule has 0 aliphatic heterocycles. The van der Waals surface area contributed by atoms with Crippen molar-refractivity contribution in [2.45, 2.75) is 25.8 Å². The van der Waals surface area contributed by atoms with Crippen molar-refractivity contribution >= 4 is 17.7 Å². The topological polar surface area (TPSA) is 81.7 Å². The molecule has 2 amide bonds. The third kappa shape index (κ3) is 4.46. The van der Waals surface area contributed by atoms with Crippen LogP contribution >= 0.6 is 0 Å². The second-order valence-electron chi connectivity index (χ2n) is 5.45. The van der Waals surface area contributed by atoms with E-state index in [4.69, 9.17) is 5.11 Å². The van der Waals surface area contributed by atoms with Crippen molar-refractivity contribution < 1.29 is 14.7 Å². The predicted octanol–water partition coefficient (Wildman–Crippen LogP) is 1.91. The number of nitrogens with one attached hydrogen (secondary N) is 2. The number of anilines is 1. The van der Waals surface area contributed by atoms with Gasteiger partial charge >= 0.3 is 12.0 Å². The van der Waals surface area contributed by atoms with Crippen LogP contribution in [0.3, 0.4) is 0 Å². The van der Waals surface area contributed by atoms with Crippen molar-refractivity contribution in [2.75, 3.05) is 25.5 Å². The lowest BCUT2D eigenvalue weighted by Crippen LogP contribution is -2.36. The van der Waals surface area contributed by atoms with Crippen LogP contribution in [0.2, 0.25) is 0 Å². The highest BCUT2D eigenvalue weighted by molar-refractivity contribution is 6.00. The number of carboxylic acid groups (broad SMARTS) is 1. The molecule has 0 atom stereocenters. The zero-order valence-electron chi connectivity index (χ0n) is 12.3. The number of benzene rings is 1. The summed E-state index contributed by atoms with van der Waals surface area (Å²) in [7, 11) is 2.04. The van der Waals surface area contributed by atoms with Gasteiger partial charge in [-0.3, -0.25) is 0 Å². The van der Waals surface area contributed by atoms with Gasteiger partial charge in [0.15, 0.2) is 0 Å². The molecule has 1 aromatic carbocycles. The first-order valence-electron chi connectivity index (χ1n) is 7.06. The number of nitrogens with zero attached hydrogens (tertiary/aromatic N) is 1. The molecule has 0 radical (unpaired) electrons. The number of hydrogen-bond acceptors (Lipinski definition) is 3. The van der Waals surface area contributed by atoms with Crippen LogP contribution < -0.4 is 10.6 Å². The van der Waals surface area contributed by atoms with E-state index in [0.29, 0.717) is 18.3 Å². The van der Waals surface area contributed by atoms with E-state index in [1.54, 1.807) is 18.2 Å². The number of rotatable bonds is 6. The van der Waals surface area contributed by atoms with Gasteiger partial charge in [0.1, 0.15) is 0 Å². The van der Waals surface area contributed by atoms with E-state index in [1.165, 1.54) is 12.8 Å². The fourth-order valence-electron chi connectivity index (χ4n) is 2.15. The van der Waals surface area contributed by atoms with Gasteiger partial charge in [0.05, 0.1) is 11.3 Å². The molecule has 1 aliphatic rings. The Hall–Kier alpha value is -2.08. The summed E-state index contributed by atoms with van der Waals surface area (Å²) in [5.41, 5.74) is 1.24. The fourth-order valence-corrected chi connectivity index (χ4v) is 2.15. The molecule has 3 N–H and O–H groups in total. The lowest BCUT2D eigenvalue weighted by Gasteiger charge is -2.16. The monoisotopic (exact) mass is 291 g/mol. The lowest BCUT2D eigenvalue weighted by atomic mass is 10.1. The van der Waals surface area contributed by atoms with Crippen LogP contribution in [-0.4, -0.2) is 48.2 Å². The van der Waals surface area contributed by atoms with Crippen LogP contribution in [-0.2, 0) is 0 Å². The molecule has 0 heterocycles. The highest BCUT2D eigenvalue weighted by Gasteiger charge is 2.25. The van der Waals surface area contributed by atoms with Crippen LogP contribution in [0.5, 0.6) is 0 Å². The van der Waals surface area contributed by atoms with Gasteiger partial charge in [-0.1, -0.05) is 11.6 Å². The molecule has 114 valence electrons. The summed E-state index contributed by atoms with van der Waals surface area (Å²) in [6.07, 6.45) is 2.46. The molecule has 1 aliphatic carbocycles. The van der Waals surface area contributed by atoms with Gasteiger partial charge in [0.25, 0.3) is 0 Å². The highest BCUT2D eigenvalue weighted by Crippen LogP contribution is 2.24. The Bertz CT molecular complexity index is 541. The third-order valence-corrected chi connectivity index (χ3v) is 3.57. The first-order valence-corrected chi connectivity index (χ1v) is 7.06. The molecule has 1 aromatic rings. The lowest BCUT2D eigenvalue weighted by molar-refractivity contribution is 0.0698. The van der Waals surface area contributed by atoms with E-state index < -0.39 is 5.97 Å². The molecule has 6 heteroatoms. The number of hydrogen-bond donors (Lipinski definition) is 3. The minimum absolute atomic E-state index is 0.0975. The van der Waals surface area contributed by atoms with E-state index in [1.807, 2.05) is 14.0 Å². The van der Waals surface area contributed by atoms with E-state index >= 15 is 0 Å². The summed E-state index contributed by atoms with van der Waals surface area (Å²) in [5.74, 6) is -1.05. The Balaban J connectivity index is 1.85. The Labute approximate surface area is 124 Å². The van der Waals surface area contributed by atoms with Gasteiger partial charge in [0.2, 0.25) is 0 Å². The summed E-state index contributed by atoms with van der Waals surface area (Å²) in [5, 5.41) is 14.5. The van der Waals surface area contributed by atoms with Crippen LogP contribution in [0.4, 0.5) is 10.5 Å². The Morgan fingerprint density at radius 2 is 2.10 bits per heavy atom. The molecule has 0 aromatic heterocycles. The minimum atomic E-state index is -1.05. The predicted molar refractivity (Wildman–Crippen MR) is 80.8 cm³/mol. The average molecular weight is 291 g/mol. The number of carbonyl (C=O) groups excluding carboxylic acids is 1. The highest BCUT2D eigenvalue weighted by atomic mass is 16.4. The van der Waals surface area contributed by atoms with Crippen molar-refractivity contribution in [2.24, 2.45) is 0 Å². The summed E-state index contributed by atoms with van der Waals surface area (Å²) in [6.45, 7) is 3.13. The number of aromatic carboxylic acids is 1. The summed E-state index contributed by atoms with van der Waals surface area (Å²) >= 11 is 0. The number of carbonyl (C=O) groups is 2. The first-order chi connectivity index (χ1) is 9.97. The second-order valence-corrected chi connectivity index (χ2v) is 5.45. The van der Waals surface area contributed by atoms with Crippen molar-refractivity contribution in [3.63, 3.8) is 0 Å². The van der Waals surface area contributed by atoms with Crippen LogP contribution in [0, 0.1) is 6.92 Å². The van der Waals surface area contributed by atoms with E-state index in [2.05, 4.69) is 15.5 Å². The van der Waals surface area contributed by atoms with Crippen LogP contribution in [0.25, 0.3) is 0 Å². The normalized spacial score (nSPS) is 14.0. The van der Waals surface area contributed by atoms with Crippen molar-refractivity contribution in [1.29, 1.82) is 0 Å². The molecule has 21 heavy (non-hydrogen) atoms. The van der Waals surface area contributed by atoms with E-state index in [9.17, 15) is 9.59 Å². The summed E-state index contributed by atoms with van der Waals surface area (Å²) in [4.78, 5) is 25.2. The van der Waals surface area contributed by atoms with Gasteiger partial charge in [-0.2, -0.15) is 0 Å². The molecule has 2 rings (SSSR count). The smallest absolute Gasteiger partial charge is 0.337 e. The molecular weight excluding hydrogens is 270 g/mol. The number of urea groups is 1. The number of likely N-dealkylation sites (N-methyl/N-ethyl adjacent to an activating group) is 1. The molecular formula is C15H21N3O3. The SMILES string of the molecule is Cc1ccc(NC(=O)NCCN(C)C2CC2)c(C(=O)O)c1. The maximum atomic E-state index is 11.8. The van der Waals surface area contributed by atoms with Gasteiger partial charge in [-0.25, -0.2) is 9.59 Å².